The zero-order chi connectivity index (χ0) is 16.4. The molecule has 0 saturated carbocycles. The van der Waals surface area contributed by atoms with Crippen molar-refractivity contribution in [2.24, 2.45) is 0 Å². The van der Waals surface area contributed by atoms with Crippen molar-refractivity contribution < 1.29 is 8.78 Å². The van der Waals surface area contributed by atoms with Crippen molar-refractivity contribution >= 4 is 0 Å². The minimum absolute atomic E-state index is 0.425. The maximum Gasteiger partial charge on any atom is 0.159 e. The van der Waals surface area contributed by atoms with Crippen molar-refractivity contribution in [3.05, 3.63) is 52.9 Å². The van der Waals surface area contributed by atoms with E-state index in [1.807, 2.05) is 6.20 Å². The van der Waals surface area contributed by atoms with Crippen molar-refractivity contribution in [2.75, 3.05) is 13.1 Å². The number of rotatable bonds is 4. The number of hydrogen-bond acceptors (Lipinski definition) is 2. The molecular weight excluding hydrogens is 296 g/mol. The molecule has 5 heteroatoms. The molecule has 0 bridgehead atoms. The summed E-state index contributed by atoms with van der Waals surface area (Å²) in [7, 11) is 0. The van der Waals surface area contributed by atoms with Gasteiger partial charge in [0, 0.05) is 24.7 Å². The van der Waals surface area contributed by atoms with Crippen molar-refractivity contribution in [1.82, 2.24) is 15.1 Å². The normalized spacial score (nSPS) is 19.4. The van der Waals surface area contributed by atoms with Gasteiger partial charge in [0.05, 0.1) is 6.20 Å². The van der Waals surface area contributed by atoms with Crippen molar-refractivity contribution in [3.8, 4) is 0 Å². The number of aromatic amines is 1. The first-order valence-corrected chi connectivity index (χ1v) is 8.24. The summed E-state index contributed by atoms with van der Waals surface area (Å²) in [5.41, 5.74) is 3.33. The van der Waals surface area contributed by atoms with Crippen molar-refractivity contribution in [2.45, 2.75) is 45.1 Å². The maximum absolute atomic E-state index is 13.4. The van der Waals surface area contributed by atoms with E-state index in [1.165, 1.54) is 23.4 Å². The Hall–Kier alpha value is -1.75. The first kappa shape index (κ1) is 16.1. The fraction of sp³-hybridized carbons (Fsp3) is 0.500. The molecule has 0 spiro atoms. The number of aromatic nitrogens is 2. The number of halogens is 2. The molecule has 0 radical (unpaired) electrons. The third-order valence-electron chi connectivity index (χ3n) is 4.63. The SMILES string of the molecule is CC(C)c1cn[nH]c1C1CCCN(Cc2ccc(F)c(F)c2)C1. The van der Waals surface area contributed by atoms with E-state index in [4.69, 9.17) is 0 Å². The molecule has 1 aromatic heterocycles. The standard InChI is InChI=1S/C18H23F2N3/c1-12(2)15-9-21-22-18(15)14-4-3-7-23(11-14)10-13-5-6-16(19)17(20)8-13/h5-6,8-9,12,14H,3-4,7,10-11H2,1-2H3,(H,21,22). The second-order valence-corrected chi connectivity index (χ2v) is 6.72. The molecule has 1 aliphatic heterocycles. The molecular formula is C18H23F2N3. The number of nitrogens with zero attached hydrogens (tertiary/aromatic N) is 2. The largest absolute Gasteiger partial charge is 0.298 e. The lowest BCUT2D eigenvalue weighted by Crippen LogP contribution is -2.34. The van der Waals surface area contributed by atoms with Gasteiger partial charge in [-0.15, -0.1) is 0 Å². The Morgan fingerprint density at radius 3 is 2.87 bits per heavy atom. The third-order valence-corrected chi connectivity index (χ3v) is 4.63. The van der Waals surface area contributed by atoms with Crippen LogP contribution in [0, 0.1) is 11.6 Å². The summed E-state index contributed by atoms with van der Waals surface area (Å²) in [6.07, 6.45) is 4.16. The molecule has 1 atom stereocenters. The van der Waals surface area contributed by atoms with Crippen LogP contribution in [0.2, 0.25) is 0 Å². The lowest BCUT2D eigenvalue weighted by Gasteiger charge is -2.33. The molecule has 124 valence electrons. The molecule has 2 aromatic rings. The smallest absolute Gasteiger partial charge is 0.159 e. The number of H-pyrrole nitrogens is 1. The quantitative estimate of drug-likeness (QED) is 0.916. The molecule has 2 heterocycles. The van der Waals surface area contributed by atoms with Gasteiger partial charge in [-0.25, -0.2) is 8.78 Å². The van der Waals surface area contributed by atoms with Crippen molar-refractivity contribution in [3.63, 3.8) is 0 Å². The summed E-state index contributed by atoms with van der Waals surface area (Å²) in [6, 6.07) is 4.17. The lowest BCUT2D eigenvalue weighted by atomic mass is 9.89. The molecule has 1 aromatic carbocycles. The fourth-order valence-corrected chi connectivity index (χ4v) is 3.42. The van der Waals surface area contributed by atoms with Gasteiger partial charge in [0.1, 0.15) is 0 Å². The van der Waals surface area contributed by atoms with E-state index in [9.17, 15) is 8.78 Å². The Labute approximate surface area is 135 Å². The van der Waals surface area contributed by atoms with E-state index < -0.39 is 11.6 Å². The first-order valence-electron chi connectivity index (χ1n) is 8.24. The lowest BCUT2D eigenvalue weighted by molar-refractivity contribution is 0.197. The summed E-state index contributed by atoms with van der Waals surface area (Å²) < 4.78 is 26.4. The summed E-state index contributed by atoms with van der Waals surface area (Å²) >= 11 is 0. The van der Waals surface area contributed by atoms with E-state index in [0.717, 1.165) is 31.5 Å². The van der Waals surface area contributed by atoms with E-state index >= 15 is 0 Å². The Morgan fingerprint density at radius 1 is 1.30 bits per heavy atom. The van der Waals surface area contributed by atoms with E-state index in [1.54, 1.807) is 6.07 Å². The van der Waals surface area contributed by atoms with Crippen LogP contribution >= 0.6 is 0 Å². The second kappa shape index (κ2) is 6.79. The molecule has 23 heavy (non-hydrogen) atoms. The Bertz CT molecular complexity index is 666. The van der Waals surface area contributed by atoms with Gasteiger partial charge in [-0.3, -0.25) is 10.00 Å². The zero-order valence-electron chi connectivity index (χ0n) is 13.6. The molecule has 1 fully saturated rings. The van der Waals surface area contributed by atoms with Gasteiger partial charge in [0.2, 0.25) is 0 Å². The van der Waals surface area contributed by atoms with Gasteiger partial charge in [0.15, 0.2) is 11.6 Å². The molecule has 3 rings (SSSR count). The predicted octanol–water partition coefficient (Wildman–Crippen LogP) is 4.19. The number of nitrogens with one attached hydrogen (secondary N) is 1. The Kier molecular flexibility index (Phi) is 4.76. The average molecular weight is 319 g/mol. The number of likely N-dealkylation sites (tertiary alicyclic amines) is 1. The molecule has 1 N–H and O–H groups in total. The van der Waals surface area contributed by atoms with Gasteiger partial charge in [-0.1, -0.05) is 19.9 Å². The summed E-state index contributed by atoms with van der Waals surface area (Å²) in [5, 5.41) is 7.39. The summed E-state index contributed by atoms with van der Waals surface area (Å²) in [4.78, 5) is 2.31. The summed E-state index contributed by atoms with van der Waals surface area (Å²) in [6.45, 7) is 6.91. The fourth-order valence-electron chi connectivity index (χ4n) is 3.42. The third kappa shape index (κ3) is 3.61. The summed E-state index contributed by atoms with van der Waals surface area (Å²) in [5.74, 6) is -0.685. The minimum atomic E-state index is -0.788. The number of benzene rings is 1. The van der Waals surface area contributed by atoms with Crippen LogP contribution < -0.4 is 0 Å². The highest BCUT2D eigenvalue weighted by atomic mass is 19.2. The molecule has 1 unspecified atom stereocenters. The van der Waals surface area contributed by atoms with Crippen molar-refractivity contribution in [1.29, 1.82) is 0 Å². The van der Waals surface area contributed by atoms with Crippen LogP contribution in [0.5, 0.6) is 0 Å². The minimum Gasteiger partial charge on any atom is -0.298 e. The van der Waals surface area contributed by atoms with Gasteiger partial charge < -0.3 is 0 Å². The molecule has 1 aliphatic rings. The van der Waals surface area contributed by atoms with Gasteiger partial charge in [-0.2, -0.15) is 5.10 Å². The van der Waals surface area contributed by atoms with Crippen LogP contribution in [0.1, 0.15) is 55.3 Å². The van der Waals surface area contributed by atoms with Crippen LogP contribution in [0.3, 0.4) is 0 Å². The highest BCUT2D eigenvalue weighted by Gasteiger charge is 2.25. The predicted molar refractivity (Wildman–Crippen MR) is 86.3 cm³/mol. The van der Waals surface area contributed by atoms with Crippen LogP contribution in [0.15, 0.2) is 24.4 Å². The van der Waals surface area contributed by atoms with Crippen LogP contribution in [0.4, 0.5) is 8.78 Å². The number of piperidine rings is 1. The highest BCUT2D eigenvalue weighted by molar-refractivity contribution is 5.25. The molecule has 0 amide bonds. The molecule has 3 nitrogen and oxygen atoms in total. The van der Waals surface area contributed by atoms with E-state index in [2.05, 4.69) is 28.9 Å². The highest BCUT2D eigenvalue weighted by Crippen LogP contribution is 2.31. The Balaban J connectivity index is 1.70. The Morgan fingerprint density at radius 2 is 2.13 bits per heavy atom. The van der Waals surface area contributed by atoms with Gasteiger partial charge >= 0.3 is 0 Å². The van der Waals surface area contributed by atoms with Crippen LogP contribution in [-0.4, -0.2) is 28.2 Å². The van der Waals surface area contributed by atoms with Gasteiger partial charge in [0.25, 0.3) is 0 Å². The van der Waals surface area contributed by atoms with E-state index in [0.29, 0.717) is 18.4 Å². The zero-order valence-corrected chi connectivity index (χ0v) is 13.6. The first-order chi connectivity index (χ1) is 11.0. The number of hydrogen-bond donors (Lipinski definition) is 1. The van der Waals surface area contributed by atoms with Crippen LogP contribution in [-0.2, 0) is 6.54 Å². The maximum atomic E-state index is 13.4. The van der Waals surface area contributed by atoms with Crippen LogP contribution in [0.25, 0.3) is 0 Å². The topological polar surface area (TPSA) is 31.9 Å². The van der Waals surface area contributed by atoms with Gasteiger partial charge in [-0.05, 0) is 48.6 Å². The monoisotopic (exact) mass is 319 g/mol. The molecule has 1 saturated heterocycles. The average Bonchev–Trinajstić information content (AvgIpc) is 3.01. The second-order valence-electron chi connectivity index (χ2n) is 6.72. The van der Waals surface area contributed by atoms with E-state index in [-0.39, 0.29) is 0 Å². The molecule has 0 aliphatic carbocycles.